The van der Waals surface area contributed by atoms with Gasteiger partial charge in [-0.2, -0.15) is 11.3 Å². The molecule has 0 radical (unpaired) electrons. The molecule has 0 saturated carbocycles. The lowest BCUT2D eigenvalue weighted by molar-refractivity contribution is 0.0951. The summed E-state index contributed by atoms with van der Waals surface area (Å²) in [7, 11) is 0. The average molecular weight is 474 g/mol. The SMILES string of the molecule is Cc1cc(=O)c(C(=O)NCCc2cccnc2)c2n1-c1ccccc1S[C@@H](c1ccsc1)C2. The van der Waals surface area contributed by atoms with Crippen LogP contribution >= 0.6 is 23.1 Å². The lowest BCUT2D eigenvalue weighted by Crippen LogP contribution is -2.33. The molecule has 5 rings (SSSR count). The summed E-state index contributed by atoms with van der Waals surface area (Å²) in [5.41, 5.74) is 4.88. The van der Waals surface area contributed by atoms with Gasteiger partial charge in [0.15, 0.2) is 5.43 Å². The number of hydrogen-bond donors (Lipinski definition) is 1. The molecule has 1 aromatic carbocycles. The van der Waals surface area contributed by atoms with Crippen LogP contribution in [0.5, 0.6) is 0 Å². The van der Waals surface area contributed by atoms with Crippen molar-refractivity contribution in [3.05, 3.63) is 110 Å². The summed E-state index contributed by atoms with van der Waals surface area (Å²) in [5, 5.41) is 7.31. The zero-order chi connectivity index (χ0) is 22.8. The van der Waals surface area contributed by atoms with Crippen LogP contribution in [0.25, 0.3) is 5.69 Å². The van der Waals surface area contributed by atoms with Crippen molar-refractivity contribution in [2.24, 2.45) is 0 Å². The van der Waals surface area contributed by atoms with Crippen LogP contribution in [-0.4, -0.2) is 22.0 Å². The highest BCUT2D eigenvalue weighted by Gasteiger charge is 2.29. The van der Waals surface area contributed by atoms with Crippen LogP contribution in [0.4, 0.5) is 0 Å². The monoisotopic (exact) mass is 473 g/mol. The molecule has 4 heterocycles. The van der Waals surface area contributed by atoms with Crippen molar-refractivity contribution in [1.29, 1.82) is 0 Å². The quantitative estimate of drug-likeness (QED) is 0.445. The summed E-state index contributed by atoms with van der Waals surface area (Å²) in [4.78, 5) is 31.7. The van der Waals surface area contributed by atoms with E-state index < -0.39 is 0 Å². The number of thioether (sulfide) groups is 1. The molecule has 166 valence electrons. The van der Waals surface area contributed by atoms with Gasteiger partial charge in [0.2, 0.25) is 0 Å². The van der Waals surface area contributed by atoms with Crippen LogP contribution in [-0.2, 0) is 12.8 Å². The van der Waals surface area contributed by atoms with E-state index in [0.717, 1.165) is 27.5 Å². The van der Waals surface area contributed by atoms with Crippen LogP contribution in [0.3, 0.4) is 0 Å². The van der Waals surface area contributed by atoms with E-state index >= 15 is 0 Å². The summed E-state index contributed by atoms with van der Waals surface area (Å²) < 4.78 is 2.09. The summed E-state index contributed by atoms with van der Waals surface area (Å²) in [6, 6.07) is 15.8. The maximum atomic E-state index is 13.3. The Morgan fingerprint density at radius 1 is 1.21 bits per heavy atom. The predicted molar refractivity (Wildman–Crippen MR) is 134 cm³/mol. The van der Waals surface area contributed by atoms with E-state index in [1.165, 1.54) is 5.56 Å². The zero-order valence-corrected chi connectivity index (χ0v) is 19.8. The van der Waals surface area contributed by atoms with Crippen molar-refractivity contribution in [3.63, 3.8) is 0 Å². The fourth-order valence-electron chi connectivity index (χ4n) is 4.28. The molecule has 4 aromatic rings. The molecule has 1 N–H and O–H groups in total. The number of thiophene rings is 1. The van der Waals surface area contributed by atoms with E-state index in [9.17, 15) is 9.59 Å². The highest BCUT2D eigenvalue weighted by atomic mass is 32.2. The fraction of sp³-hybridized carbons (Fsp3) is 0.192. The first-order valence-electron chi connectivity index (χ1n) is 10.8. The second kappa shape index (κ2) is 9.37. The van der Waals surface area contributed by atoms with Gasteiger partial charge in [0.1, 0.15) is 5.56 Å². The highest BCUT2D eigenvalue weighted by Crippen LogP contribution is 2.44. The second-order valence-corrected chi connectivity index (χ2v) is 10.0. The molecule has 0 bridgehead atoms. The van der Waals surface area contributed by atoms with E-state index in [4.69, 9.17) is 0 Å². The number of para-hydroxylation sites is 1. The number of fused-ring (bicyclic) bond motifs is 3. The van der Waals surface area contributed by atoms with Gasteiger partial charge in [-0.1, -0.05) is 18.2 Å². The Labute approximate surface area is 200 Å². The standard InChI is InChI=1S/C26H23N3O2S2/c1-17-13-22(30)25(26(31)28-11-8-18-5-4-10-27-15-18)21-14-24(19-9-12-32-16-19)33-23-7-3-2-6-20(23)29(17)21/h2-7,9-10,12-13,15-16,24H,8,11,14H2,1H3,(H,28,31)/t24-/m1/s1. The second-order valence-electron chi connectivity index (χ2n) is 8.01. The molecule has 1 aliphatic heterocycles. The molecular formula is C26H23N3O2S2. The molecule has 0 unspecified atom stereocenters. The summed E-state index contributed by atoms with van der Waals surface area (Å²) in [6.07, 6.45) is 4.77. The Balaban J connectivity index is 1.55. The topological polar surface area (TPSA) is 64.0 Å². The molecule has 1 aliphatic rings. The van der Waals surface area contributed by atoms with Gasteiger partial charge in [0, 0.05) is 53.0 Å². The van der Waals surface area contributed by atoms with Crippen LogP contribution in [0.15, 0.2) is 81.4 Å². The number of aryl methyl sites for hydroxylation is 1. The number of nitrogens with zero attached hydrogens (tertiary/aromatic N) is 2. The van der Waals surface area contributed by atoms with E-state index in [0.29, 0.717) is 19.4 Å². The zero-order valence-electron chi connectivity index (χ0n) is 18.2. The minimum atomic E-state index is -0.318. The first kappa shape index (κ1) is 21.7. The summed E-state index contributed by atoms with van der Waals surface area (Å²) >= 11 is 3.45. The average Bonchev–Trinajstić information content (AvgIpc) is 3.29. The molecule has 1 atom stereocenters. The van der Waals surface area contributed by atoms with Crippen molar-refractivity contribution in [1.82, 2.24) is 14.9 Å². The summed E-state index contributed by atoms with van der Waals surface area (Å²) in [5.74, 6) is -0.318. The summed E-state index contributed by atoms with van der Waals surface area (Å²) in [6.45, 7) is 2.37. The number of amides is 1. The van der Waals surface area contributed by atoms with Crippen LogP contribution in [0, 0.1) is 6.92 Å². The Morgan fingerprint density at radius 3 is 2.88 bits per heavy atom. The molecular weight excluding hydrogens is 450 g/mol. The maximum absolute atomic E-state index is 13.3. The van der Waals surface area contributed by atoms with Crippen LogP contribution < -0.4 is 10.7 Å². The van der Waals surface area contributed by atoms with Crippen LogP contribution in [0.1, 0.15) is 38.1 Å². The Bertz CT molecular complexity index is 1350. The smallest absolute Gasteiger partial charge is 0.257 e. The normalized spacial score (nSPS) is 14.8. The molecule has 1 amide bonds. The van der Waals surface area contributed by atoms with Crippen LogP contribution in [0.2, 0.25) is 0 Å². The number of carbonyl (C=O) groups is 1. The maximum Gasteiger partial charge on any atom is 0.257 e. The van der Waals surface area contributed by atoms with Crippen molar-refractivity contribution in [2.45, 2.75) is 29.9 Å². The van der Waals surface area contributed by atoms with E-state index in [-0.39, 0.29) is 22.1 Å². The van der Waals surface area contributed by atoms with Crippen molar-refractivity contribution in [3.8, 4) is 5.69 Å². The number of pyridine rings is 2. The Kier molecular flexibility index (Phi) is 6.15. The number of aromatic nitrogens is 2. The lowest BCUT2D eigenvalue weighted by Gasteiger charge is -2.20. The van der Waals surface area contributed by atoms with E-state index in [2.05, 4.69) is 43.8 Å². The van der Waals surface area contributed by atoms with Crippen molar-refractivity contribution in [2.75, 3.05) is 6.54 Å². The van der Waals surface area contributed by atoms with Gasteiger partial charge in [-0.15, -0.1) is 11.8 Å². The Hall–Kier alpha value is -3.16. The number of carbonyl (C=O) groups excluding carboxylic acids is 1. The molecule has 5 nitrogen and oxygen atoms in total. The third-order valence-corrected chi connectivity index (χ3v) is 7.84. The Morgan fingerprint density at radius 2 is 2.09 bits per heavy atom. The minimum Gasteiger partial charge on any atom is -0.352 e. The van der Waals surface area contributed by atoms with Crippen molar-refractivity contribution < 1.29 is 4.79 Å². The lowest BCUT2D eigenvalue weighted by atomic mass is 10.0. The third-order valence-electron chi connectivity index (χ3n) is 5.82. The largest absolute Gasteiger partial charge is 0.352 e. The minimum absolute atomic E-state index is 0.120. The molecule has 33 heavy (non-hydrogen) atoms. The number of benzene rings is 1. The molecule has 0 fully saturated rings. The first-order chi connectivity index (χ1) is 16.1. The van der Waals surface area contributed by atoms with Gasteiger partial charge in [0.25, 0.3) is 5.91 Å². The molecule has 7 heteroatoms. The fourth-order valence-corrected chi connectivity index (χ4v) is 6.34. The number of hydrogen-bond acceptors (Lipinski definition) is 5. The van der Waals surface area contributed by atoms with Gasteiger partial charge in [-0.25, -0.2) is 0 Å². The molecule has 0 spiro atoms. The highest BCUT2D eigenvalue weighted by molar-refractivity contribution is 7.99. The number of nitrogens with one attached hydrogen (secondary N) is 1. The molecule has 0 aliphatic carbocycles. The molecule has 0 saturated heterocycles. The first-order valence-corrected chi connectivity index (χ1v) is 12.6. The number of rotatable bonds is 5. The van der Waals surface area contributed by atoms with Gasteiger partial charge < -0.3 is 9.88 Å². The predicted octanol–water partition coefficient (Wildman–Crippen LogP) is 4.96. The third kappa shape index (κ3) is 4.38. The van der Waals surface area contributed by atoms with Gasteiger partial charge >= 0.3 is 0 Å². The van der Waals surface area contributed by atoms with E-state index in [1.807, 2.05) is 31.2 Å². The van der Waals surface area contributed by atoms with Crippen molar-refractivity contribution >= 4 is 29.0 Å². The molecule has 3 aromatic heterocycles. The van der Waals surface area contributed by atoms with E-state index in [1.54, 1.807) is 41.6 Å². The van der Waals surface area contributed by atoms with Gasteiger partial charge in [0.05, 0.1) is 5.69 Å². The van der Waals surface area contributed by atoms with Gasteiger partial charge in [-0.3, -0.25) is 14.6 Å². The van der Waals surface area contributed by atoms with Gasteiger partial charge in [-0.05, 0) is 59.5 Å².